The van der Waals surface area contributed by atoms with Crippen molar-refractivity contribution in [2.24, 2.45) is 0 Å². The lowest BCUT2D eigenvalue weighted by Gasteiger charge is -2.19. The van der Waals surface area contributed by atoms with Gasteiger partial charge < -0.3 is 16.4 Å². The number of anilines is 2. The van der Waals surface area contributed by atoms with Gasteiger partial charge in [-0.1, -0.05) is 11.3 Å². The van der Waals surface area contributed by atoms with E-state index in [0.29, 0.717) is 10.0 Å². The molecule has 0 radical (unpaired) electrons. The van der Waals surface area contributed by atoms with Gasteiger partial charge in [0.25, 0.3) is 5.91 Å². The first-order chi connectivity index (χ1) is 9.23. The summed E-state index contributed by atoms with van der Waals surface area (Å²) in [5.74, 6) is 1.17. The van der Waals surface area contributed by atoms with Crippen molar-refractivity contribution in [3.63, 3.8) is 0 Å². The maximum atomic E-state index is 12.2. The van der Waals surface area contributed by atoms with Crippen molar-refractivity contribution in [1.29, 1.82) is 0 Å². The number of thiazole rings is 1. The molecular formula is C13H24N4OS2. The minimum atomic E-state index is -0.143. The molecule has 20 heavy (non-hydrogen) atoms. The first kappa shape index (κ1) is 17.1. The average Bonchev–Trinajstić information content (AvgIpc) is 2.65. The van der Waals surface area contributed by atoms with Gasteiger partial charge >= 0.3 is 0 Å². The number of rotatable bonds is 6. The Morgan fingerprint density at radius 1 is 1.50 bits per heavy atom. The molecule has 0 aromatic carbocycles. The van der Waals surface area contributed by atoms with E-state index in [1.807, 2.05) is 27.7 Å². The molecule has 1 heterocycles. The highest BCUT2D eigenvalue weighted by Gasteiger charge is 2.20. The van der Waals surface area contributed by atoms with Crippen molar-refractivity contribution in [2.75, 3.05) is 23.1 Å². The Kier molecular flexibility index (Phi) is 6.13. The van der Waals surface area contributed by atoms with Crippen LogP contribution in [-0.4, -0.2) is 34.5 Å². The number of aromatic nitrogens is 1. The van der Waals surface area contributed by atoms with Crippen molar-refractivity contribution in [2.45, 2.75) is 45.7 Å². The van der Waals surface area contributed by atoms with Crippen molar-refractivity contribution in [3.05, 3.63) is 4.88 Å². The Morgan fingerprint density at radius 3 is 2.70 bits per heavy atom. The third-order valence-corrected chi connectivity index (χ3v) is 4.10. The number of carbonyl (C=O) groups excluding carboxylic acids is 1. The number of nitrogens with two attached hydrogens (primary N) is 1. The van der Waals surface area contributed by atoms with Crippen LogP contribution in [0.15, 0.2) is 0 Å². The second-order valence-electron chi connectivity index (χ2n) is 5.76. The predicted octanol–water partition coefficient (Wildman–Crippen LogP) is 2.81. The van der Waals surface area contributed by atoms with Gasteiger partial charge in [-0.2, -0.15) is 11.8 Å². The Hall–Kier alpha value is -0.950. The molecule has 1 rings (SSSR count). The summed E-state index contributed by atoms with van der Waals surface area (Å²) in [6.07, 6.45) is 3.00. The van der Waals surface area contributed by atoms with E-state index in [9.17, 15) is 4.79 Å². The van der Waals surface area contributed by atoms with E-state index in [1.165, 1.54) is 11.3 Å². The van der Waals surface area contributed by atoms with Crippen LogP contribution in [0, 0.1) is 0 Å². The third-order valence-electron chi connectivity index (χ3n) is 2.47. The normalized spacial score (nSPS) is 13.1. The molecule has 0 saturated carbocycles. The van der Waals surface area contributed by atoms with Crippen LogP contribution in [0.5, 0.6) is 0 Å². The van der Waals surface area contributed by atoms with Crippen LogP contribution in [0.3, 0.4) is 0 Å². The molecule has 0 spiro atoms. The van der Waals surface area contributed by atoms with E-state index < -0.39 is 0 Å². The molecule has 0 aliphatic rings. The molecule has 4 N–H and O–H groups in total. The standard InChI is InChI=1S/C13H24N4OS2/c1-8(6-7-19-5)15-11(18)9-10(14)16-12(20-9)17-13(2,3)4/h8H,6-7,14H2,1-5H3,(H,15,18)(H,16,17). The Bertz CT molecular complexity index is 454. The maximum Gasteiger partial charge on any atom is 0.265 e. The molecule has 7 heteroatoms. The first-order valence-electron chi connectivity index (χ1n) is 6.57. The van der Waals surface area contributed by atoms with Crippen molar-refractivity contribution in [3.8, 4) is 0 Å². The van der Waals surface area contributed by atoms with Gasteiger partial charge in [-0.3, -0.25) is 4.79 Å². The zero-order chi connectivity index (χ0) is 15.3. The van der Waals surface area contributed by atoms with Crippen LogP contribution in [0.25, 0.3) is 0 Å². The van der Waals surface area contributed by atoms with Crippen LogP contribution >= 0.6 is 23.1 Å². The van der Waals surface area contributed by atoms with Gasteiger partial charge in [0, 0.05) is 11.6 Å². The average molecular weight is 316 g/mol. The number of nitrogens with zero attached hydrogens (tertiary/aromatic N) is 1. The minimum absolute atomic E-state index is 0.107. The second kappa shape index (κ2) is 7.17. The Balaban J connectivity index is 2.69. The van der Waals surface area contributed by atoms with Crippen LogP contribution in [-0.2, 0) is 0 Å². The van der Waals surface area contributed by atoms with Crippen LogP contribution < -0.4 is 16.4 Å². The lowest BCUT2D eigenvalue weighted by atomic mass is 10.1. The number of nitrogens with one attached hydrogen (secondary N) is 2. The van der Waals surface area contributed by atoms with Gasteiger partial charge in [-0.05, 0) is 46.1 Å². The molecule has 1 atom stereocenters. The van der Waals surface area contributed by atoms with Gasteiger partial charge in [0.1, 0.15) is 10.7 Å². The fourth-order valence-corrected chi connectivity index (χ4v) is 3.11. The van der Waals surface area contributed by atoms with E-state index in [1.54, 1.807) is 11.8 Å². The van der Waals surface area contributed by atoms with E-state index in [2.05, 4.69) is 21.9 Å². The summed E-state index contributed by atoms with van der Waals surface area (Å²) in [5, 5.41) is 6.86. The molecule has 0 bridgehead atoms. The van der Waals surface area contributed by atoms with Crippen LogP contribution in [0.1, 0.15) is 43.8 Å². The molecule has 0 aliphatic carbocycles. The molecular weight excluding hydrogens is 292 g/mol. The monoisotopic (exact) mass is 316 g/mol. The number of thioether (sulfide) groups is 1. The smallest absolute Gasteiger partial charge is 0.265 e. The number of hydrogen-bond acceptors (Lipinski definition) is 6. The van der Waals surface area contributed by atoms with Crippen LogP contribution in [0.4, 0.5) is 10.9 Å². The summed E-state index contributed by atoms with van der Waals surface area (Å²) in [5.41, 5.74) is 5.72. The zero-order valence-electron chi connectivity index (χ0n) is 12.7. The molecule has 1 unspecified atom stereocenters. The minimum Gasteiger partial charge on any atom is -0.382 e. The fourth-order valence-electron chi connectivity index (χ4n) is 1.53. The van der Waals surface area contributed by atoms with E-state index in [0.717, 1.165) is 12.2 Å². The van der Waals surface area contributed by atoms with Gasteiger partial charge in [-0.25, -0.2) is 4.98 Å². The lowest BCUT2D eigenvalue weighted by Crippen LogP contribution is -2.32. The number of nitrogen functional groups attached to an aromatic ring is 1. The molecule has 5 nitrogen and oxygen atoms in total. The van der Waals surface area contributed by atoms with Crippen LogP contribution in [0.2, 0.25) is 0 Å². The van der Waals surface area contributed by atoms with Crippen molar-refractivity contribution in [1.82, 2.24) is 10.3 Å². The maximum absolute atomic E-state index is 12.2. The number of amides is 1. The first-order valence-corrected chi connectivity index (χ1v) is 8.78. The molecule has 1 aromatic rings. The summed E-state index contributed by atoms with van der Waals surface area (Å²) in [4.78, 5) is 16.8. The van der Waals surface area contributed by atoms with E-state index >= 15 is 0 Å². The highest BCUT2D eigenvalue weighted by Crippen LogP contribution is 2.27. The summed E-state index contributed by atoms with van der Waals surface area (Å²) in [7, 11) is 0. The summed E-state index contributed by atoms with van der Waals surface area (Å²) in [6, 6.07) is 0.135. The van der Waals surface area contributed by atoms with E-state index in [-0.39, 0.29) is 23.3 Å². The van der Waals surface area contributed by atoms with Gasteiger partial charge in [0.15, 0.2) is 5.13 Å². The summed E-state index contributed by atoms with van der Waals surface area (Å²) in [6.45, 7) is 8.11. The molecule has 1 aromatic heterocycles. The SMILES string of the molecule is CSCCC(C)NC(=O)c1sc(NC(C)(C)C)nc1N. The van der Waals surface area contributed by atoms with Gasteiger partial charge in [0.2, 0.25) is 0 Å². The molecule has 1 amide bonds. The Labute approximate surface area is 129 Å². The molecule has 0 fully saturated rings. The van der Waals surface area contributed by atoms with Gasteiger partial charge in [-0.15, -0.1) is 0 Å². The summed E-state index contributed by atoms with van der Waals surface area (Å²) >= 11 is 3.07. The predicted molar refractivity (Wildman–Crippen MR) is 89.8 cm³/mol. The molecule has 0 saturated heterocycles. The lowest BCUT2D eigenvalue weighted by molar-refractivity contribution is 0.0944. The number of carbonyl (C=O) groups is 1. The molecule has 0 aliphatic heterocycles. The largest absolute Gasteiger partial charge is 0.382 e. The number of hydrogen-bond donors (Lipinski definition) is 3. The summed E-state index contributed by atoms with van der Waals surface area (Å²) < 4.78 is 0. The second-order valence-corrected chi connectivity index (χ2v) is 7.75. The van der Waals surface area contributed by atoms with Crippen molar-refractivity contribution < 1.29 is 4.79 Å². The Morgan fingerprint density at radius 2 is 2.15 bits per heavy atom. The topological polar surface area (TPSA) is 80.0 Å². The highest BCUT2D eigenvalue weighted by molar-refractivity contribution is 7.98. The van der Waals surface area contributed by atoms with E-state index in [4.69, 9.17) is 5.73 Å². The van der Waals surface area contributed by atoms with Gasteiger partial charge in [0.05, 0.1) is 0 Å². The quantitative estimate of drug-likeness (QED) is 0.752. The van der Waals surface area contributed by atoms with Crippen molar-refractivity contribution >= 4 is 40.0 Å². The zero-order valence-corrected chi connectivity index (χ0v) is 14.4. The highest BCUT2D eigenvalue weighted by atomic mass is 32.2. The fraction of sp³-hybridized carbons (Fsp3) is 0.692. The third kappa shape index (κ3) is 5.58. The molecule has 114 valence electrons.